The summed E-state index contributed by atoms with van der Waals surface area (Å²) in [6, 6.07) is 1.15. The van der Waals surface area contributed by atoms with Crippen molar-refractivity contribution >= 4 is 26.0 Å². The van der Waals surface area contributed by atoms with Crippen LogP contribution in [0.2, 0.25) is 0 Å². The van der Waals surface area contributed by atoms with E-state index in [-0.39, 0.29) is 9.37 Å². The van der Waals surface area contributed by atoms with Crippen molar-refractivity contribution in [1.82, 2.24) is 4.98 Å². The van der Waals surface area contributed by atoms with E-state index in [9.17, 15) is 13.2 Å². The molecule has 0 fully saturated rings. The van der Waals surface area contributed by atoms with E-state index in [1.54, 1.807) is 0 Å². The van der Waals surface area contributed by atoms with Gasteiger partial charge < -0.3 is 4.98 Å². The number of aromatic nitrogens is 1. The maximum atomic E-state index is 10.8. The lowest BCUT2D eigenvalue weighted by Crippen LogP contribution is -2.15. The highest BCUT2D eigenvalue weighted by molar-refractivity contribution is 9.10. The van der Waals surface area contributed by atoms with Crippen LogP contribution in [0.1, 0.15) is 0 Å². The van der Waals surface area contributed by atoms with Crippen molar-refractivity contribution < 1.29 is 8.42 Å². The SMILES string of the molecule is NS(=O)(=O)c1c[nH]c(=O)c(Br)c1. The number of nitrogens with one attached hydrogen (secondary N) is 1. The highest BCUT2D eigenvalue weighted by Gasteiger charge is 2.08. The second-order valence-corrected chi connectivity index (χ2v) is 4.47. The molecule has 0 aliphatic heterocycles. The number of primary sulfonamides is 1. The summed E-state index contributed by atoms with van der Waals surface area (Å²) < 4.78 is 21.6. The zero-order valence-corrected chi connectivity index (χ0v) is 8.15. The molecule has 0 saturated heterocycles. The molecule has 0 aliphatic carbocycles. The Morgan fingerprint density at radius 1 is 1.50 bits per heavy atom. The lowest BCUT2D eigenvalue weighted by Gasteiger charge is -1.96. The van der Waals surface area contributed by atoms with Gasteiger partial charge in [-0.25, -0.2) is 13.6 Å². The molecule has 0 saturated carbocycles. The second kappa shape index (κ2) is 3.00. The van der Waals surface area contributed by atoms with Crippen molar-refractivity contribution in [3.05, 3.63) is 27.1 Å². The molecular weight excluding hydrogens is 248 g/mol. The van der Waals surface area contributed by atoms with Crippen LogP contribution in [0.15, 0.2) is 26.4 Å². The van der Waals surface area contributed by atoms with Crippen molar-refractivity contribution in [1.29, 1.82) is 0 Å². The maximum Gasteiger partial charge on any atom is 0.262 e. The van der Waals surface area contributed by atoms with Crippen molar-refractivity contribution in [2.75, 3.05) is 0 Å². The molecule has 5 nitrogen and oxygen atoms in total. The minimum absolute atomic E-state index is 0.131. The van der Waals surface area contributed by atoms with Gasteiger partial charge in [0.05, 0.1) is 9.37 Å². The molecule has 3 N–H and O–H groups in total. The Kier molecular flexibility index (Phi) is 2.36. The van der Waals surface area contributed by atoms with Gasteiger partial charge in [-0.1, -0.05) is 0 Å². The highest BCUT2D eigenvalue weighted by atomic mass is 79.9. The Morgan fingerprint density at radius 3 is 2.50 bits per heavy atom. The van der Waals surface area contributed by atoms with Gasteiger partial charge in [-0.05, 0) is 22.0 Å². The monoisotopic (exact) mass is 252 g/mol. The van der Waals surface area contributed by atoms with Gasteiger partial charge in [-0.15, -0.1) is 0 Å². The van der Waals surface area contributed by atoms with Crippen molar-refractivity contribution in [3.63, 3.8) is 0 Å². The normalized spacial score (nSPS) is 11.5. The Morgan fingerprint density at radius 2 is 2.08 bits per heavy atom. The van der Waals surface area contributed by atoms with Gasteiger partial charge >= 0.3 is 0 Å². The van der Waals surface area contributed by atoms with Crippen LogP contribution < -0.4 is 10.7 Å². The van der Waals surface area contributed by atoms with Crippen LogP contribution in [0.4, 0.5) is 0 Å². The number of halogens is 1. The minimum atomic E-state index is -3.74. The Bertz CT molecular complexity index is 450. The van der Waals surface area contributed by atoms with Crippen molar-refractivity contribution in [2.24, 2.45) is 5.14 Å². The summed E-state index contributed by atoms with van der Waals surface area (Å²) >= 11 is 2.87. The molecule has 0 radical (unpaired) electrons. The zero-order chi connectivity index (χ0) is 9.35. The van der Waals surface area contributed by atoms with Crippen LogP contribution in [-0.4, -0.2) is 13.4 Å². The smallest absolute Gasteiger partial charge is 0.262 e. The summed E-state index contributed by atoms with van der Waals surface area (Å²) in [6.45, 7) is 0. The van der Waals surface area contributed by atoms with Crippen LogP contribution in [0, 0.1) is 0 Å². The third-order valence-electron chi connectivity index (χ3n) is 1.16. The van der Waals surface area contributed by atoms with Crippen LogP contribution in [0.25, 0.3) is 0 Å². The van der Waals surface area contributed by atoms with Crippen LogP contribution in [0.5, 0.6) is 0 Å². The molecule has 0 bridgehead atoms. The summed E-state index contributed by atoms with van der Waals surface area (Å²) in [7, 11) is -3.74. The van der Waals surface area contributed by atoms with E-state index in [0.717, 1.165) is 12.3 Å². The molecular formula is C5H5BrN2O3S. The molecule has 66 valence electrons. The number of sulfonamides is 1. The van der Waals surface area contributed by atoms with E-state index in [0.29, 0.717) is 0 Å². The predicted molar refractivity (Wildman–Crippen MR) is 46.1 cm³/mol. The van der Waals surface area contributed by atoms with E-state index in [1.807, 2.05) is 0 Å². The predicted octanol–water partition coefficient (Wildman–Crippen LogP) is -0.215. The first kappa shape index (κ1) is 9.43. The molecule has 12 heavy (non-hydrogen) atoms. The number of aromatic amines is 1. The maximum absolute atomic E-state index is 10.8. The Balaban J connectivity index is 3.43. The summed E-state index contributed by atoms with van der Waals surface area (Å²) in [5.74, 6) is 0. The van der Waals surface area contributed by atoms with Crippen LogP contribution in [0.3, 0.4) is 0 Å². The van der Waals surface area contributed by atoms with Gasteiger partial charge in [0.15, 0.2) is 0 Å². The number of hydrogen-bond donors (Lipinski definition) is 2. The molecule has 0 aromatic carbocycles. The fourth-order valence-electron chi connectivity index (χ4n) is 0.602. The number of H-pyrrole nitrogens is 1. The van der Waals surface area contributed by atoms with Crippen LogP contribution >= 0.6 is 15.9 Å². The Hall–Kier alpha value is -0.660. The Labute approximate surface area is 76.8 Å². The van der Waals surface area contributed by atoms with Gasteiger partial charge in [-0.3, -0.25) is 4.79 Å². The number of nitrogens with two attached hydrogens (primary N) is 1. The van der Waals surface area contributed by atoms with E-state index in [1.165, 1.54) is 0 Å². The third kappa shape index (κ3) is 1.93. The number of pyridine rings is 1. The van der Waals surface area contributed by atoms with Crippen molar-refractivity contribution in [2.45, 2.75) is 4.90 Å². The minimum Gasteiger partial charge on any atom is -0.327 e. The van der Waals surface area contributed by atoms with E-state index >= 15 is 0 Å². The van der Waals surface area contributed by atoms with E-state index in [4.69, 9.17) is 5.14 Å². The molecule has 1 heterocycles. The van der Waals surface area contributed by atoms with Gasteiger partial charge in [-0.2, -0.15) is 0 Å². The standard InChI is InChI=1S/C5H5BrN2O3S/c6-4-1-3(12(7,10)11)2-8-5(4)9/h1-2H,(H,8,9)(H2,7,10,11). The van der Waals surface area contributed by atoms with E-state index in [2.05, 4.69) is 20.9 Å². The quantitative estimate of drug-likeness (QED) is 0.724. The first-order valence-corrected chi connectivity index (χ1v) is 5.16. The molecule has 0 unspecified atom stereocenters. The number of hydrogen-bond acceptors (Lipinski definition) is 3. The first-order valence-electron chi connectivity index (χ1n) is 2.82. The highest BCUT2D eigenvalue weighted by Crippen LogP contribution is 2.08. The van der Waals surface area contributed by atoms with Gasteiger partial charge in [0.2, 0.25) is 10.0 Å². The molecule has 1 aromatic heterocycles. The molecule has 0 spiro atoms. The largest absolute Gasteiger partial charge is 0.327 e. The zero-order valence-electron chi connectivity index (χ0n) is 5.74. The lowest BCUT2D eigenvalue weighted by molar-refractivity contribution is 0.597. The van der Waals surface area contributed by atoms with Gasteiger partial charge in [0.25, 0.3) is 5.56 Å². The molecule has 0 amide bonds. The molecule has 0 aliphatic rings. The first-order chi connectivity index (χ1) is 5.41. The van der Waals surface area contributed by atoms with Gasteiger partial charge in [0.1, 0.15) is 0 Å². The summed E-state index contributed by atoms with van der Waals surface area (Å²) in [6.07, 6.45) is 1.04. The average molecular weight is 253 g/mol. The second-order valence-electron chi connectivity index (χ2n) is 2.06. The summed E-state index contributed by atoms with van der Waals surface area (Å²) in [4.78, 5) is 12.8. The van der Waals surface area contributed by atoms with E-state index < -0.39 is 15.6 Å². The van der Waals surface area contributed by atoms with Crippen molar-refractivity contribution in [3.8, 4) is 0 Å². The van der Waals surface area contributed by atoms with Crippen LogP contribution in [-0.2, 0) is 10.0 Å². The molecule has 1 aromatic rings. The third-order valence-corrected chi connectivity index (χ3v) is 2.64. The van der Waals surface area contributed by atoms with Gasteiger partial charge in [0, 0.05) is 6.20 Å². The lowest BCUT2D eigenvalue weighted by atomic mass is 10.5. The molecule has 7 heteroatoms. The summed E-state index contributed by atoms with van der Waals surface area (Å²) in [5.41, 5.74) is -0.401. The summed E-state index contributed by atoms with van der Waals surface area (Å²) in [5, 5.41) is 4.81. The average Bonchev–Trinajstić information content (AvgIpc) is 1.92. The molecule has 0 atom stereocenters. The fourth-order valence-corrected chi connectivity index (χ4v) is 1.62. The molecule has 1 rings (SSSR count). The topological polar surface area (TPSA) is 93.0 Å². The number of rotatable bonds is 1. The fraction of sp³-hybridized carbons (Fsp3) is 0.